The number of halogens is 2. The first-order valence-corrected chi connectivity index (χ1v) is 6.65. The Balaban J connectivity index is 1.91. The van der Waals surface area contributed by atoms with Gasteiger partial charge in [-0.2, -0.15) is 0 Å². The van der Waals surface area contributed by atoms with E-state index in [1.165, 1.54) is 12.1 Å². The van der Waals surface area contributed by atoms with Crippen molar-refractivity contribution in [3.63, 3.8) is 0 Å². The fraction of sp³-hybridized carbons (Fsp3) is 0.571. The molecule has 1 unspecified atom stereocenters. The predicted molar refractivity (Wildman–Crippen MR) is 71.3 cm³/mol. The lowest BCUT2D eigenvalue weighted by Gasteiger charge is -2.36. The van der Waals surface area contributed by atoms with E-state index in [0.29, 0.717) is 17.6 Å². The molecule has 0 radical (unpaired) electrons. The Kier molecular flexibility index (Phi) is 4.25. The molecule has 1 atom stereocenters. The zero-order valence-corrected chi connectivity index (χ0v) is 11.6. The summed E-state index contributed by atoms with van der Waals surface area (Å²) in [5.74, 6) is -0.295. The monoisotopic (exact) mass is 271 g/mol. The number of nitrogens with one attached hydrogen (secondary N) is 1. The molecule has 1 fully saturated rings. The van der Waals surface area contributed by atoms with Gasteiger partial charge >= 0.3 is 0 Å². The predicted octanol–water partition coefficient (Wildman–Crippen LogP) is 3.53. The number of rotatable bonds is 3. The summed E-state index contributed by atoms with van der Waals surface area (Å²) in [4.78, 5) is 0. The van der Waals surface area contributed by atoms with Crippen molar-refractivity contribution in [2.24, 2.45) is 0 Å². The molecule has 1 aromatic carbocycles. The van der Waals surface area contributed by atoms with E-state index >= 15 is 0 Å². The van der Waals surface area contributed by atoms with Gasteiger partial charge in [-0.05, 0) is 44.4 Å². The smallest absolute Gasteiger partial charge is 0.124 e. The topological polar surface area (TPSA) is 21.3 Å². The largest absolute Gasteiger partial charge is 0.375 e. The van der Waals surface area contributed by atoms with Crippen molar-refractivity contribution in [2.75, 3.05) is 6.61 Å². The van der Waals surface area contributed by atoms with E-state index in [4.69, 9.17) is 16.3 Å². The highest BCUT2D eigenvalue weighted by atomic mass is 35.5. The van der Waals surface area contributed by atoms with Crippen LogP contribution in [0.25, 0.3) is 0 Å². The molecule has 1 saturated heterocycles. The fourth-order valence-corrected chi connectivity index (χ4v) is 2.56. The second-order valence-electron chi connectivity index (χ2n) is 5.41. The van der Waals surface area contributed by atoms with Crippen LogP contribution in [0.4, 0.5) is 4.39 Å². The highest BCUT2D eigenvalue weighted by Gasteiger charge is 2.28. The third-order valence-corrected chi connectivity index (χ3v) is 3.65. The van der Waals surface area contributed by atoms with Crippen LogP contribution in [0.2, 0.25) is 5.02 Å². The molecule has 2 rings (SSSR count). The standard InChI is InChI=1S/C14H19ClFNO/c1-14(2)8-12(5-6-18-14)17-9-10-3-4-11(16)7-13(10)15/h3-4,7,12,17H,5-6,8-9H2,1-2H3. The summed E-state index contributed by atoms with van der Waals surface area (Å²) in [5.41, 5.74) is 0.866. The van der Waals surface area contributed by atoms with Gasteiger partial charge in [0.1, 0.15) is 5.82 Å². The van der Waals surface area contributed by atoms with Crippen molar-refractivity contribution in [3.8, 4) is 0 Å². The Hall–Kier alpha value is -0.640. The highest BCUT2D eigenvalue weighted by Crippen LogP contribution is 2.24. The molecule has 0 amide bonds. The maximum atomic E-state index is 12.9. The summed E-state index contributed by atoms with van der Waals surface area (Å²) in [6.07, 6.45) is 1.98. The van der Waals surface area contributed by atoms with E-state index < -0.39 is 0 Å². The average Bonchev–Trinajstić information content (AvgIpc) is 2.26. The molecule has 1 aliphatic heterocycles. The fourth-order valence-electron chi connectivity index (χ4n) is 2.33. The maximum Gasteiger partial charge on any atom is 0.124 e. The van der Waals surface area contributed by atoms with Gasteiger partial charge in [-0.25, -0.2) is 4.39 Å². The second-order valence-corrected chi connectivity index (χ2v) is 5.82. The van der Waals surface area contributed by atoms with Crippen LogP contribution in [0.15, 0.2) is 18.2 Å². The molecule has 1 heterocycles. The second kappa shape index (κ2) is 5.55. The van der Waals surface area contributed by atoms with Crippen LogP contribution in [0.3, 0.4) is 0 Å². The molecule has 0 spiro atoms. The van der Waals surface area contributed by atoms with E-state index in [9.17, 15) is 4.39 Å². The van der Waals surface area contributed by atoms with Gasteiger partial charge in [-0.1, -0.05) is 17.7 Å². The molecule has 1 aromatic rings. The Morgan fingerprint density at radius 2 is 2.28 bits per heavy atom. The van der Waals surface area contributed by atoms with E-state index in [1.54, 1.807) is 6.07 Å². The number of ether oxygens (including phenoxy) is 1. The first-order chi connectivity index (χ1) is 8.46. The summed E-state index contributed by atoms with van der Waals surface area (Å²) < 4.78 is 18.6. The Morgan fingerprint density at radius 1 is 1.50 bits per heavy atom. The van der Waals surface area contributed by atoms with Gasteiger partial charge in [0.15, 0.2) is 0 Å². The van der Waals surface area contributed by atoms with E-state index in [0.717, 1.165) is 25.0 Å². The van der Waals surface area contributed by atoms with Gasteiger partial charge in [0.25, 0.3) is 0 Å². The molecular weight excluding hydrogens is 253 g/mol. The van der Waals surface area contributed by atoms with Crippen molar-refractivity contribution in [2.45, 2.75) is 44.9 Å². The highest BCUT2D eigenvalue weighted by molar-refractivity contribution is 6.31. The first kappa shape index (κ1) is 13.8. The summed E-state index contributed by atoms with van der Waals surface area (Å²) >= 11 is 6.00. The van der Waals surface area contributed by atoms with Crippen LogP contribution in [0.5, 0.6) is 0 Å². The lowest BCUT2D eigenvalue weighted by molar-refractivity contribution is -0.0630. The lowest BCUT2D eigenvalue weighted by Crippen LogP contribution is -2.43. The summed E-state index contributed by atoms with van der Waals surface area (Å²) in [7, 11) is 0. The Morgan fingerprint density at radius 3 is 2.94 bits per heavy atom. The van der Waals surface area contributed by atoms with Crippen LogP contribution >= 0.6 is 11.6 Å². The van der Waals surface area contributed by atoms with E-state index in [-0.39, 0.29) is 11.4 Å². The Labute approximate surface area is 112 Å². The van der Waals surface area contributed by atoms with Crippen molar-refractivity contribution in [1.82, 2.24) is 5.32 Å². The van der Waals surface area contributed by atoms with Crippen molar-refractivity contribution in [1.29, 1.82) is 0 Å². The van der Waals surface area contributed by atoms with Gasteiger partial charge in [0.2, 0.25) is 0 Å². The van der Waals surface area contributed by atoms with Crippen LogP contribution < -0.4 is 5.32 Å². The van der Waals surface area contributed by atoms with Crippen LogP contribution in [0.1, 0.15) is 32.3 Å². The molecule has 0 bridgehead atoms. The number of benzene rings is 1. The molecular formula is C14H19ClFNO. The SMILES string of the molecule is CC1(C)CC(NCc2ccc(F)cc2Cl)CCO1. The molecule has 0 aliphatic carbocycles. The quantitative estimate of drug-likeness (QED) is 0.908. The molecule has 0 saturated carbocycles. The molecule has 18 heavy (non-hydrogen) atoms. The number of hydrogen-bond donors (Lipinski definition) is 1. The normalized spacial score (nSPS) is 23.0. The van der Waals surface area contributed by atoms with Crippen molar-refractivity contribution in [3.05, 3.63) is 34.6 Å². The average molecular weight is 272 g/mol. The van der Waals surface area contributed by atoms with Gasteiger partial charge in [0, 0.05) is 24.2 Å². The Bertz CT molecular complexity index is 422. The molecule has 1 aliphatic rings. The van der Waals surface area contributed by atoms with Gasteiger partial charge < -0.3 is 10.1 Å². The molecule has 0 aromatic heterocycles. The van der Waals surface area contributed by atoms with Crippen molar-refractivity contribution >= 4 is 11.6 Å². The minimum atomic E-state index is -0.295. The lowest BCUT2D eigenvalue weighted by atomic mass is 9.94. The van der Waals surface area contributed by atoms with Gasteiger partial charge in [-0.3, -0.25) is 0 Å². The minimum absolute atomic E-state index is 0.0670. The van der Waals surface area contributed by atoms with Gasteiger partial charge in [-0.15, -0.1) is 0 Å². The van der Waals surface area contributed by atoms with Crippen LogP contribution in [-0.2, 0) is 11.3 Å². The zero-order chi connectivity index (χ0) is 13.2. The van der Waals surface area contributed by atoms with E-state index in [1.807, 2.05) is 0 Å². The molecule has 1 N–H and O–H groups in total. The third-order valence-electron chi connectivity index (χ3n) is 3.29. The summed E-state index contributed by atoms with van der Waals surface area (Å²) in [5, 5.41) is 3.95. The summed E-state index contributed by atoms with van der Waals surface area (Å²) in [6.45, 7) is 5.65. The first-order valence-electron chi connectivity index (χ1n) is 6.27. The minimum Gasteiger partial charge on any atom is -0.375 e. The molecule has 2 nitrogen and oxygen atoms in total. The zero-order valence-electron chi connectivity index (χ0n) is 10.8. The van der Waals surface area contributed by atoms with Crippen molar-refractivity contribution < 1.29 is 9.13 Å². The van der Waals surface area contributed by atoms with E-state index in [2.05, 4.69) is 19.2 Å². The third kappa shape index (κ3) is 3.67. The molecule has 4 heteroatoms. The summed E-state index contributed by atoms with van der Waals surface area (Å²) in [6, 6.07) is 4.95. The number of hydrogen-bond acceptors (Lipinski definition) is 2. The molecule has 100 valence electrons. The maximum absolute atomic E-state index is 12.9. The van der Waals surface area contributed by atoms with Crippen LogP contribution in [-0.4, -0.2) is 18.2 Å². The van der Waals surface area contributed by atoms with Gasteiger partial charge in [0.05, 0.1) is 5.60 Å². The van der Waals surface area contributed by atoms with Crippen LogP contribution in [0, 0.1) is 5.82 Å².